The first kappa shape index (κ1) is 27.2. The molecule has 178 valence electrons. The molecule has 11 heteroatoms. The predicted octanol–water partition coefficient (Wildman–Crippen LogP) is -0.536. The van der Waals surface area contributed by atoms with Crippen LogP contribution in [0.25, 0.3) is 0 Å². The van der Waals surface area contributed by atoms with Crippen molar-refractivity contribution in [1.82, 2.24) is 15.5 Å². The lowest BCUT2D eigenvalue weighted by molar-refractivity contribution is -0.143. The van der Waals surface area contributed by atoms with E-state index in [-0.39, 0.29) is 24.0 Å². The fraction of sp³-hybridized carbons (Fsp3) is 0.800. The molecular formula is C20H37N5O5S. The third-order valence-corrected chi connectivity index (χ3v) is 5.62. The molecule has 0 aromatic rings. The summed E-state index contributed by atoms with van der Waals surface area (Å²) in [6.07, 6.45) is 3.11. The van der Waals surface area contributed by atoms with Gasteiger partial charge in [-0.25, -0.2) is 4.79 Å². The van der Waals surface area contributed by atoms with E-state index in [0.29, 0.717) is 45.2 Å². The topological polar surface area (TPSA) is 168 Å². The van der Waals surface area contributed by atoms with Crippen molar-refractivity contribution in [2.24, 2.45) is 17.4 Å². The molecule has 0 radical (unpaired) electrons. The summed E-state index contributed by atoms with van der Waals surface area (Å²) in [6, 6.07) is -3.48. The second kappa shape index (κ2) is 13.5. The van der Waals surface area contributed by atoms with Crippen molar-refractivity contribution >= 4 is 36.3 Å². The average molecular weight is 460 g/mol. The van der Waals surface area contributed by atoms with E-state index in [2.05, 4.69) is 23.3 Å². The van der Waals surface area contributed by atoms with Crippen LogP contribution in [0.3, 0.4) is 0 Å². The molecule has 7 N–H and O–H groups in total. The molecule has 1 saturated heterocycles. The van der Waals surface area contributed by atoms with Crippen molar-refractivity contribution in [3.63, 3.8) is 0 Å². The van der Waals surface area contributed by atoms with Crippen LogP contribution in [0.2, 0.25) is 0 Å². The van der Waals surface area contributed by atoms with E-state index in [0.717, 1.165) is 0 Å². The number of carbonyl (C=O) groups excluding carboxylic acids is 3. The van der Waals surface area contributed by atoms with Gasteiger partial charge < -0.3 is 32.1 Å². The van der Waals surface area contributed by atoms with Crippen molar-refractivity contribution in [1.29, 1.82) is 0 Å². The zero-order chi connectivity index (χ0) is 23.6. The number of nitrogens with zero attached hydrogens (tertiary/aromatic N) is 1. The Morgan fingerprint density at radius 1 is 1.16 bits per heavy atom. The molecule has 4 unspecified atom stereocenters. The highest BCUT2D eigenvalue weighted by atomic mass is 32.1. The number of aliphatic carboxylic acids is 1. The molecule has 0 aliphatic carbocycles. The Morgan fingerprint density at radius 3 is 2.39 bits per heavy atom. The minimum atomic E-state index is -1.15. The van der Waals surface area contributed by atoms with Gasteiger partial charge in [-0.3, -0.25) is 14.4 Å². The number of carboxylic acids is 1. The van der Waals surface area contributed by atoms with Crippen LogP contribution in [-0.2, 0) is 19.2 Å². The molecule has 4 atom stereocenters. The van der Waals surface area contributed by atoms with E-state index < -0.39 is 42.0 Å². The minimum Gasteiger partial charge on any atom is -0.480 e. The number of nitrogens with one attached hydrogen (secondary N) is 2. The van der Waals surface area contributed by atoms with Crippen LogP contribution in [0.1, 0.15) is 52.4 Å². The highest BCUT2D eigenvalue weighted by molar-refractivity contribution is 7.80. The number of rotatable bonds is 13. The van der Waals surface area contributed by atoms with Gasteiger partial charge in [-0.2, -0.15) is 12.6 Å². The molecule has 10 nitrogen and oxygen atoms in total. The highest BCUT2D eigenvalue weighted by Gasteiger charge is 2.37. The van der Waals surface area contributed by atoms with E-state index in [1.54, 1.807) is 0 Å². The largest absolute Gasteiger partial charge is 0.480 e. The van der Waals surface area contributed by atoms with Gasteiger partial charge in [0.2, 0.25) is 17.7 Å². The number of unbranched alkanes of at least 4 members (excludes halogenated alkanes) is 1. The van der Waals surface area contributed by atoms with Crippen molar-refractivity contribution in [2.45, 2.75) is 76.5 Å². The number of amides is 3. The van der Waals surface area contributed by atoms with Crippen LogP contribution < -0.4 is 22.1 Å². The Labute approximate surface area is 189 Å². The second-order valence-corrected chi connectivity index (χ2v) is 8.72. The second-order valence-electron chi connectivity index (χ2n) is 8.35. The molecule has 1 heterocycles. The van der Waals surface area contributed by atoms with Gasteiger partial charge >= 0.3 is 5.97 Å². The van der Waals surface area contributed by atoms with Crippen LogP contribution in [-0.4, -0.2) is 76.7 Å². The van der Waals surface area contributed by atoms with Gasteiger partial charge in [0.05, 0.1) is 6.04 Å². The molecule has 0 spiro atoms. The molecule has 1 fully saturated rings. The number of likely N-dealkylation sites (tertiary alicyclic amines) is 1. The van der Waals surface area contributed by atoms with E-state index in [1.165, 1.54) is 4.90 Å². The zero-order valence-corrected chi connectivity index (χ0v) is 19.3. The van der Waals surface area contributed by atoms with Crippen LogP contribution >= 0.6 is 12.6 Å². The number of hydrogen-bond acceptors (Lipinski definition) is 7. The Hall–Kier alpha value is -1.85. The van der Waals surface area contributed by atoms with E-state index in [9.17, 15) is 24.3 Å². The number of thiol groups is 1. The smallest absolute Gasteiger partial charge is 0.326 e. The van der Waals surface area contributed by atoms with Crippen molar-refractivity contribution < 1.29 is 24.3 Å². The molecule has 31 heavy (non-hydrogen) atoms. The van der Waals surface area contributed by atoms with E-state index in [4.69, 9.17) is 11.5 Å². The molecule has 0 aromatic heterocycles. The first-order valence-electron chi connectivity index (χ1n) is 10.8. The SMILES string of the molecule is CC(C)CC(N)C(=O)N1CCCC1C(=O)NC(CS)C(=O)NC(CCCCN)C(=O)O. The number of hydrogen-bond donors (Lipinski definition) is 6. The van der Waals surface area contributed by atoms with Gasteiger partial charge in [0, 0.05) is 12.3 Å². The van der Waals surface area contributed by atoms with Gasteiger partial charge in [-0.05, 0) is 51.0 Å². The lowest BCUT2D eigenvalue weighted by Crippen LogP contribution is -2.57. The third-order valence-electron chi connectivity index (χ3n) is 5.26. The summed E-state index contributed by atoms with van der Waals surface area (Å²) in [6.45, 7) is 4.81. The Kier molecular flexibility index (Phi) is 11.9. The highest BCUT2D eigenvalue weighted by Crippen LogP contribution is 2.20. The summed E-state index contributed by atoms with van der Waals surface area (Å²) in [7, 11) is 0. The normalized spacial score (nSPS) is 19.0. The summed E-state index contributed by atoms with van der Waals surface area (Å²) in [4.78, 5) is 51.0. The molecule has 1 aliphatic heterocycles. The summed E-state index contributed by atoms with van der Waals surface area (Å²) in [5.74, 6) is -2.29. The van der Waals surface area contributed by atoms with Gasteiger partial charge in [0.1, 0.15) is 18.1 Å². The minimum absolute atomic E-state index is 0.0136. The van der Waals surface area contributed by atoms with Crippen LogP contribution in [0.5, 0.6) is 0 Å². The quantitative estimate of drug-likeness (QED) is 0.159. The summed E-state index contributed by atoms with van der Waals surface area (Å²) in [5.41, 5.74) is 11.4. The van der Waals surface area contributed by atoms with Gasteiger partial charge in [0.15, 0.2) is 0 Å². The fourth-order valence-corrected chi connectivity index (χ4v) is 3.87. The first-order valence-corrected chi connectivity index (χ1v) is 11.5. The lowest BCUT2D eigenvalue weighted by Gasteiger charge is -2.28. The summed E-state index contributed by atoms with van der Waals surface area (Å²) >= 11 is 4.13. The van der Waals surface area contributed by atoms with Gasteiger partial charge in [-0.1, -0.05) is 13.8 Å². The van der Waals surface area contributed by atoms with Crippen molar-refractivity contribution in [3.05, 3.63) is 0 Å². The molecule has 0 aromatic carbocycles. The number of carboxylic acid groups (broad SMARTS) is 1. The van der Waals surface area contributed by atoms with E-state index in [1.807, 2.05) is 13.8 Å². The number of nitrogens with two attached hydrogens (primary N) is 2. The maximum Gasteiger partial charge on any atom is 0.326 e. The third kappa shape index (κ3) is 8.66. The molecule has 1 aliphatic rings. The van der Waals surface area contributed by atoms with Crippen LogP contribution in [0.15, 0.2) is 0 Å². The Balaban J connectivity index is 2.74. The Bertz CT molecular complexity index is 633. The molecule has 1 rings (SSSR count). The standard InChI is InChI=1S/C20H37N5O5S/c1-12(2)10-13(22)19(28)25-9-5-7-16(25)18(27)24-15(11-31)17(26)23-14(20(29)30)6-3-4-8-21/h12-16,31H,3-11,21-22H2,1-2H3,(H,23,26)(H,24,27)(H,29,30). The molecule has 0 saturated carbocycles. The Morgan fingerprint density at radius 2 is 1.84 bits per heavy atom. The van der Waals surface area contributed by atoms with Crippen LogP contribution in [0.4, 0.5) is 0 Å². The van der Waals surface area contributed by atoms with Crippen molar-refractivity contribution in [2.75, 3.05) is 18.8 Å². The predicted molar refractivity (Wildman–Crippen MR) is 120 cm³/mol. The molecule has 3 amide bonds. The average Bonchev–Trinajstić information content (AvgIpc) is 3.19. The molecular weight excluding hydrogens is 422 g/mol. The van der Waals surface area contributed by atoms with Crippen LogP contribution in [0, 0.1) is 5.92 Å². The lowest BCUT2D eigenvalue weighted by atomic mass is 10.0. The first-order chi connectivity index (χ1) is 14.6. The van der Waals surface area contributed by atoms with E-state index >= 15 is 0 Å². The maximum atomic E-state index is 12.8. The fourth-order valence-electron chi connectivity index (χ4n) is 3.61. The summed E-state index contributed by atoms with van der Waals surface area (Å²) < 4.78 is 0. The maximum absolute atomic E-state index is 12.8. The number of carbonyl (C=O) groups is 4. The summed E-state index contributed by atoms with van der Waals surface area (Å²) in [5, 5.41) is 14.4. The van der Waals surface area contributed by atoms with Crippen molar-refractivity contribution in [3.8, 4) is 0 Å². The van der Waals surface area contributed by atoms with Gasteiger partial charge in [-0.15, -0.1) is 0 Å². The monoisotopic (exact) mass is 459 g/mol. The van der Waals surface area contributed by atoms with Gasteiger partial charge in [0.25, 0.3) is 0 Å². The molecule has 0 bridgehead atoms. The zero-order valence-electron chi connectivity index (χ0n) is 18.4.